The van der Waals surface area contributed by atoms with Crippen molar-refractivity contribution < 1.29 is 18.8 Å². The quantitative estimate of drug-likeness (QED) is 0.752. The third-order valence-corrected chi connectivity index (χ3v) is 4.01. The molecule has 8 heteroatoms. The molecule has 0 bridgehead atoms. The van der Waals surface area contributed by atoms with E-state index in [4.69, 9.17) is 15.6 Å². The number of carboxylic acid groups (broad SMARTS) is 1. The first-order valence-electron chi connectivity index (χ1n) is 6.28. The number of hydrogen-bond acceptors (Lipinski definition) is 5. The van der Waals surface area contributed by atoms with Crippen LogP contribution in [0, 0.1) is 0 Å². The van der Waals surface area contributed by atoms with E-state index in [1.165, 1.54) is 25.5 Å². The van der Waals surface area contributed by atoms with E-state index in [1.54, 1.807) is 24.3 Å². The predicted molar refractivity (Wildman–Crippen MR) is 84.8 cm³/mol. The number of hydrogen-bond donors (Lipinski definition) is 3. The molecule has 0 aliphatic heterocycles. The van der Waals surface area contributed by atoms with E-state index in [0.29, 0.717) is 11.4 Å². The van der Waals surface area contributed by atoms with Crippen molar-refractivity contribution in [2.24, 2.45) is 0 Å². The molecule has 1 heterocycles. The standard InChI is InChI=1S/C14H15N3O4S/c1-21-13-12(7-10(15)8-16-13)17-22(20)11-5-3-2-4-9(6-11)14(18)19/h2-8,11,17H,15H2,1H3,(H,18,19). The molecule has 0 saturated carbocycles. The highest BCUT2D eigenvalue weighted by molar-refractivity contribution is 7.87. The van der Waals surface area contributed by atoms with E-state index >= 15 is 0 Å². The Kier molecular flexibility index (Phi) is 4.95. The van der Waals surface area contributed by atoms with Gasteiger partial charge in [0.1, 0.15) is 16.7 Å². The Morgan fingerprint density at radius 3 is 2.95 bits per heavy atom. The minimum Gasteiger partial charge on any atom is -0.479 e. The van der Waals surface area contributed by atoms with E-state index in [-0.39, 0.29) is 11.5 Å². The van der Waals surface area contributed by atoms with Gasteiger partial charge in [-0.15, -0.1) is 0 Å². The van der Waals surface area contributed by atoms with Crippen molar-refractivity contribution in [3.05, 3.63) is 48.2 Å². The fourth-order valence-electron chi connectivity index (χ4n) is 1.78. The molecule has 7 nitrogen and oxygen atoms in total. The average molecular weight is 321 g/mol. The summed E-state index contributed by atoms with van der Waals surface area (Å²) in [6.07, 6.45) is 9.15. The number of rotatable bonds is 5. The number of nitrogen functional groups attached to an aromatic ring is 1. The second-order valence-electron chi connectivity index (χ2n) is 4.36. The number of ether oxygens (including phenoxy) is 1. The molecule has 1 aliphatic rings. The number of carboxylic acids is 1. The molecule has 0 spiro atoms. The number of nitrogens with two attached hydrogens (primary N) is 1. The first kappa shape index (κ1) is 15.8. The van der Waals surface area contributed by atoms with Gasteiger partial charge in [0.05, 0.1) is 29.8 Å². The molecule has 22 heavy (non-hydrogen) atoms. The van der Waals surface area contributed by atoms with Crippen LogP contribution in [0.5, 0.6) is 5.88 Å². The van der Waals surface area contributed by atoms with Gasteiger partial charge in [-0.3, -0.25) is 4.72 Å². The van der Waals surface area contributed by atoms with Crippen LogP contribution >= 0.6 is 0 Å². The van der Waals surface area contributed by atoms with Gasteiger partial charge in [0.25, 0.3) is 0 Å². The lowest BCUT2D eigenvalue weighted by atomic mass is 10.2. The number of carbonyl (C=O) groups is 1. The van der Waals surface area contributed by atoms with E-state index in [9.17, 15) is 9.00 Å². The number of aliphatic carboxylic acids is 1. The number of pyridine rings is 1. The average Bonchev–Trinajstić information content (AvgIpc) is 2.73. The maximum atomic E-state index is 12.4. The number of allylic oxidation sites excluding steroid dienone is 2. The molecular weight excluding hydrogens is 306 g/mol. The molecule has 1 aromatic heterocycles. The second-order valence-corrected chi connectivity index (χ2v) is 5.70. The van der Waals surface area contributed by atoms with Crippen LogP contribution < -0.4 is 15.2 Å². The molecule has 4 N–H and O–H groups in total. The van der Waals surface area contributed by atoms with Crippen molar-refractivity contribution in [2.45, 2.75) is 5.25 Å². The fraction of sp³-hybridized carbons (Fsp3) is 0.143. The van der Waals surface area contributed by atoms with Gasteiger partial charge in [-0.25, -0.2) is 14.0 Å². The topological polar surface area (TPSA) is 115 Å². The first-order chi connectivity index (χ1) is 10.5. The maximum absolute atomic E-state index is 12.4. The van der Waals surface area contributed by atoms with Crippen LogP contribution in [-0.2, 0) is 15.8 Å². The summed E-state index contributed by atoms with van der Waals surface area (Å²) in [5.74, 6) is -0.828. The van der Waals surface area contributed by atoms with E-state index in [0.717, 1.165) is 0 Å². The Balaban J connectivity index is 2.24. The van der Waals surface area contributed by atoms with Gasteiger partial charge >= 0.3 is 5.97 Å². The summed E-state index contributed by atoms with van der Waals surface area (Å²) in [5, 5.41) is 8.44. The highest BCUT2D eigenvalue weighted by atomic mass is 32.2. The molecule has 0 amide bonds. The van der Waals surface area contributed by atoms with Gasteiger partial charge < -0.3 is 15.6 Å². The summed E-state index contributed by atoms with van der Waals surface area (Å²) in [4.78, 5) is 15.0. The van der Waals surface area contributed by atoms with Crippen molar-refractivity contribution in [3.8, 4) is 5.88 Å². The van der Waals surface area contributed by atoms with Crippen LogP contribution in [0.15, 0.2) is 48.2 Å². The van der Waals surface area contributed by atoms with Gasteiger partial charge in [0, 0.05) is 0 Å². The number of anilines is 2. The van der Waals surface area contributed by atoms with Crippen LogP contribution in [0.2, 0.25) is 0 Å². The molecule has 0 aromatic carbocycles. The largest absolute Gasteiger partial charge is 0.479 e. The highest BCUT2D eigenvalue weighted by Crippen LogP contribution is 2.25. The number of nitrogens with one attached hydrogen (secondary N) is 1. The molecular formula is C14H15N3O4S. The van der Waals surface area contributed by atoms with Crippen LogP contribution in [0.3, 0.4) is 0 Å². The lowest BCUT2D eigenvalue weighted by molar-refractivity contribution is -0.132. The van der Waals surface area contributed by atoms with Crippen molar-refractivity contribution in [2.75, 3.05) is 17.6 Å². The lowest BCUT2D eigenvalue weighted by Crippen LogP contribution is -2.19. The maximum Gasteiger partial charge on any atom is 0.335 e. The van der Waals surface area contributed by atoms with Gasteiger partial charge in [0.2, 0.25) is 5.88 Å². The lowest BCUT2D eigenvalue weighted by Gasteiger charge is -2.13. The third kappa shape index (κ3) is 3.73. The number of aromatic nitrogens is 1. The molecule has 0 saturated heterocycles. The molecule has 2 rings (SSSR count). The summed E-state index contributed by atoms with van der Waals surface area (Å²) < 4.78 is 20.2. The zero-order chi connectivity index (χ0) is 16.1. The summed E-state index contributed by atoms with van der Waals surface area (Å²) in [6.45, 7) is 0. The normalized spacial score (nSPS) is 18.2. The zero-order valence-corrected chi connectivity index (χ0v) is 12.5. The molecule has 0 fully saturated rings. The van der Waals surface area contributed by atoms with Crippen molar-refractivity contribution in [1.82, 2.24) is 4.98 Å². The zero-order valence-electron chi connectivity index (χ0n) is 11.7. The van der Waals surface area contributed by atoms with Gasteiger partial charge in [-0.1, -0.05) is 18.2 Å². The second kappa shape index (κ2) is 6.90. The van der Waals surface area contributed by atoms with Crippen LogP contribution in [-0.4, -0.2) is 32.6 Å². The van der Waals surface area contributed by atoms with Crippen LogP contribution in [0.4, 0.5) is 11.4 Å². The Morgan fingerprint density at radius 2 is 2.27 bits per heavy atom. The molecule has 0 radical (unpaired) electrons. The minimum atomic E-state index is -1.62. The molecule has 1 aliphatic carbocycles. The van der Waals surface area contributed by atoms with Crippen LogP contribution in [0.1, 0.15) is 0 Å². The molecule has 2 unspecified atom stereocenters. The Labute approximate surface area is 129 Å². The number of nitrogens with zero attached hydrogens (tertiary/aromatic N) is 1. The molecule has 116 valence electrons. The summed E-state index contributed by atoms with van der Waals surface area (Å²) in [6, 6.07) is 1.55. The fourth-order valence-corrected chi connectivity index (χ4v) is 2.78. The third-order valence-electron chi connectivity index (χ3n) is 2.80. The predicted octanol–water partition coefficient (Wildman–Crippen LogP) is 1.25. The van der Waals surface area contributed by atoms with Crippen molar-refractivity contribution >= 4 is 28.3 Å². The monoisotopic (exact) mass is 321 g/mol. The van der Waals surface area contributed by atoms with Crippen molar-refractivity contribution in [1.29, 1.82) is 0 Å². The summed E-state index contributed by atoms with van der Waals surface area (Å²) in [7, 11) is -0.183. The molecule has 2 atom stereocenters. The first-order valence-corrected chi connectivity index (χ1v) is 7.49. The Morgan fingerprint density at radius 1 is 1.50 bits per heavy atom. The molecule has 1 aromatic rings. The van der Waals surface area contributed by atoms with Crippen molar-refractivity contribution in [3.63, 3.8) is 0 Å². The van der Waals surface area contributed by atoms with Gasteiger partial charge in [0.15, 0.2) is 0 Å². The van der Waals surface area contributed by atoms with Gasteiger partial charge in [-0.2, -0.15) is 0 Å². The number of methoxy groups -OCH3 is 1. The smallest absolute Gasteiger partial charge is 0.335 e. The Bertz CT molecular complexity index is 697. The Hall–Kier alpha value is -2.61. The van der Waals surface area contributed by atoms with E-state index in [1.807, 2.05) is 0 Å². The van der Waals surface area contributed by atoms with E-state index in [2.05, 4.69) is 9.71 Å². The highest BCUT2D eigenvalue weighted by Gasteiger charge is 2.17. The summed E-state index contributed by atoms with van der Waals surface area (Å²) in [5.41, 5.74) is 6.49. The van der Waals surface area contributed by atoms with Crippen LogP contribution in [0.25, 0.3) is 0 Å². The SMILES string of the molecule is COc1ncc(N)cc1NS(=O)C1C=CC=CC(C(=O)O)=C1. The van der Waals surface area contributed by atoms with E-state index < -0.39 is 22.2 Å². The summed E-state index contributed by atoms with van der Waals surface area (Å²) >= 11 is 0. The van der Waals surface area contributed by atoms with Gasteiger partial charge in [-0.05, 0) is 18.2 Å². The minimum absolute atomic E-state index is 0.0721.